The number of hydrogen-bond donors (Lipinski definition) is 3. The van der Waals surface area contributed by atoms with Crippen LogP contribution < -0.4 is 15.4 Å². The summed E-state index contributed by atoms with van der Waals surface area (Å²) in [5, 5.41) is 13.6. The average Bonchev–Trinajstić information content (AvgIpc) is 3.05. The Hall–Kier alpha value is -3.79. The molecule has 0 saturated carbocycles. The maximum absolute atomic E-state index is 11.9. The Morgan fingerprint density at radius 3 is 2.15 bits per heavy atom. The SMILES string of the molecule is CC(C)(C)OC(=O)NC(Cc1ccc(Oc2ccc(C=C3SC(=O)NC3=O)cc2)cc1)C(=O)O. The van der Waals surface area contributed by atoms with Crippen molar-refractivity contribution in [3.8, 4) is 11.5 Å². The lowest BCUT2D eigenvalue weighted by Crippen LogP contribution is -2.44. The lowest BCUT2D eigenvalue weighted by Gasteiger charge is -2.22. The van der Waals surface area contributed by atoms with Crippen LogP contribution in [0, 0.1) is 0 Å². The van der Waals surface area contributed by atoms with Gasteiger partial charge in [0.05, 0.1) is 4.91 Å². The predicted molar refractivity (Wildman–Crippen MR) is 127 cm³/mol. The van der Waals surface area contributed by atoms with Gasteiger partial charge in [-0.15, -0.1) is 0 Å². The van der Waals surface area contributed by atoms with E-state index in [-0.39, 0.29) is 6.42 Å². The number of ether oxygens (including phenoxy) is 2. The second-order valence-electron chi connectivity index (χ2n) is 8.41. The number of thioether (sulfide) groups is 1. The molecule has 1 atom stereocenters. The maximum atomic E-state index is 11.9. The van der Waals surface area contributed by atoms with Gasteiger partial charge in [-0.05, 0) is 74.0 Å². The number of hydrogen-bond acceptors (Lipinski definition) is 7. The Morgan fingerprint density at radius 1 is 1.06 bits per heavy atom. The number of alkyl carbamates (subject to hydrolysis) is 1. The number of benzene rings is 2. The van der Waals surface area contributed by atoms with Gasteiger partial charge in [-0.2, -0.15) is 0 Å². The maximum Gasteiger partial charge on any atom is 0.408 e. The van der Waals surface area contributed by atoms with E-state index in [1.165, 1.54) is 0 Å². The molecular formula is C24H24N2O7S. The molecule has 178 valence electrons. The second-order valence-corrected chi connectivity index (χ2v) is 9.42. The minimum Gasteiger partial charge on any atom is -0.480 e. The smallest absolute Gasteiger partial charge is 0.408 e. The van der Waals surface area contributed by atoms with Crippen molar-refractivity contribution in [1.82, 2.24) is 10.6 Å². The molecule has 0 aromatic heterocycles. The fourth-order valence-electron chi connectivity index (χ4n) is 2.92. The second kappa shape index (κ2) is 10.4. The molecule has 9 nitrogen and oxygen atoms in total. The first-order valence-electron chi connectivity index (χ1n) is 10.3. The fourth-order valence-corrected chi connectivity index (χ4v) is 3.60. The van der Waals surface area contributed by atoms with Gasteiger partial charge in [0.1, 0.15) is 23.1 Å². The molecule has 0 aliphatic carbocycles. The monoisotopic (exact) mass is 484 g/mol. The largest absolute Gasteiger partial charge is 0.480 e. The minimum atomic E-state index is -1.17. The van der Waals surface area contributed by atoms with E-state index in [9.17, 15) is 24.3 Å². The van der Waals surface area contributed by atoms with Gasteiger partial charge in [0.15, 0.2) is 0 Å². The van der Waals surface area contributed by atoms with E-state index in [1.54, 1.807) is 75.4 Å². The summed E-state index contributed by atoms with van der Waals surface area (Å²) in [5.41, 5.74) is 0.705. The summed E-state index contributed by atoms with van der Waals surface area (Å²) in [6.07, 6.45) is 0.901. The summed E-state index contributed by atoms with van der Waals surface area (Å²) in [4.78, 5) is 46.7. The Morgan fingerprint density at radius 2 is 1.65 bits per heavy atom. The van der Waals surface area contributed by atoms with E-state index in [4.69, 9.17) is 9.47 Å². The number of nitrogens with one attached hydrogen (secondary N) is 2. The van der Waals surface area contributed by atoms with Crippen LogP contribution in [0.3, 0.4) is 0 Å². The van der Waals surface area contributed by atoms with Gasteiger partial charge >= 0.3 is 12.1 Å². The van der Waals surface area contributed by atoms with Gasteiger partial charge in [-0.3, -0.25) is 14.9 Å². The van der Waals surface area contributed by atoms with Crippen molar-refractivity contribution in [3.63, 3.8) is 0 Å². The first-order valence-corrected chi connectivity index (χ1v) is 11.1. The number of carboxylic acids is 1. The molecule has 2 aromatic rings. The lowest BCUT2D eigenvalue weighted by atomic mass is 10.1. The van der Waals surface area contributed by atoms with Crippen LogP contribution >= 0.6 is 11.8 Å². The standard InChI is InChI=1S/C24H24N2O7S/c1-24(2,3)33-22(30)25-18(21(28)29)12-14-4-8-16(9-5-14)32-17-10-6-15(7-11-17)13-19-20(27)26-23(31)34-19/h4-11,13,18H,12H2,1-3H3,(H,25,30)(H,28,29)(H,26,27,31). The summed E-state index contributed by atoms with van der Waals surface area (Å²) >= 11 is 0.851. The fraction of sp³-hybridized carbons (Fsp3) is 0.250. The van der Waals surface area contributed by atoms with Crippen molar-refractivity contribution in [2.45, 2.75) is 38.8 Å². The number of carbonyl (C=O) groups excluding carboxylic acids is 3. The summed E-state index contributed by atoms with van der Waals surface area (Å²) in [5.74, 6) is -0.483. The molecule has 3 rings (SSSR count). The van der Waals surface area contributed by atoms with Crippen LogP contribution in [0.25, 0.3) is 6.08 Å². The molecule has 10 heteroatoms. The Labute approximate surface area is 200 Å². The first kappa shape index (κ1) is 24.8. The van der Waals surface area contributed by atoms with Crippen molar-refractivity contribution >= 4 is 41.0 Å². The number of aliphatic carboxylic acids is 1. The van der Waals surface area contributed by atoms with Crippen LogP contribution in [0.1, 0.15) is 31.9 Å². The molecule has 1 aliphatic rings. The number of rotatable bonds is 7. The molecular weight excluding hydrogens is 460 g/mol. The highest BCUT2D eigenvalue weighted by Crippen LogP contribution is 2.27. The molecule has 1 fully saturated rings. The third kappa shape index (κ3) is 7.38. The third-order valence-electron chi connectivity index (χ3n) is 4.41. The molecule has 0 bridgehead atoms. The molecule has 0 radical (unpaired) electrons. The molecule has 1 aliphatic heterocycles. The molecule has 34 heavy (non-hydrogen) atoms. The highest BCUT2D eigenvalue weighted by Gasteiger charge is 2.25. The van der Waals surface area contributed by atoms with Crippen molar-refractivity contribution in [1.29, 1.82) is 0 Å². The summed E-state index contributed by atoms with van der Waals surface area (Å²) in [6, 6.07) is 12.7. The number of amides is 3. The molecule has 1 saturated heterocycles. The van der Waals surface area contributed by atoms with Crippen LogP contribution in [0.5, 0.6) is 11.5 Å². The molecule has 3 N–H and O–H groups in total. The average molecular weight is 485 g/mol. The van der Waals surface area contributed by atoms with Gasteiger partial charge < -0.3 is 19.9 Å². The van der Waals surface area contributed by atoms with E-state index in [2.05, 4.69) is 10.6 Å². The van der Waals surface area contributed by atoms with Crippen molar-refractivity contribution in [2.75, 3.05) is 0 Å². The van der Waals surface area contributed by atoms with Crippen LogP contribution in [-0.2, 0) is 20.7 Å². The van der Waals surface area contributed by atoms with Crippen LogP contribution in [0.15, 0.2) is 53.4 Å². The molecule has 3 amide bonds. The topological polar surface area (TPSA) is 131 Å². The van der Waals surface area contributed by atoms with E-state index >= 15 is 0 Å². The predicted octanol–water partition coefficient (Wildman–Crippen LogP) is 4.32. The van der Waals surface area contributed by atoms with E-state index in [0.717, 1.165) is 17.3 Å². The Kier molecular flexibility index (Phi) is 7.62. The summed E-state index contributed by atoms with van der Waals surface area (Å²) in [7, 11) is 0. The Balaban J connectivity index is 1.59. The van der Waals surface area contributed by atoms with E-state index in [1.807, 2.05) is 0 Å². The van der Waals surface area contributed by atoms with Gasteiger partial charge in [0.25, 0.3) is 11.1 Å². The molecule has 2 aromatic carbocycles. The zero-order valence-electron chi connectivity index (χ0n) is 18.8. The quantitative estimate of drug-likeness (QED) is 0.495. The van der Waals surface area contributed by atoms with Crippen molar-refractivity contribution in [2.24, 2.45) is 0 Å². The van der Waals surface area contributed by atoms with E-state index in [0.29, 0.717) is 22.0 Å². The van der Waals surface area contributed by atoms with E-state index < -0.39 is 34.9 Å². The zero-order valence-corrected chi connectivity index (χ0v) is 19.6. The van der Waals surface area contributed by atoms with Crippen LogP contribution in [0.2, 0.25) is 0 Å². The summed E-state index contributed by atoms with van der Waals surface area (Å²) in [6.45, 7) is 5.09. The number of carbonyl (C=O) groups is 4. The minimum absolute atomic E-state index is 0.0757. The van der Waals surface area contributed by atoms with Crippen LogP contribution in [0.4, 0.5) is 9.59 Å². The normalized spacial score (nSPS) is 15.6. The number of carboxylic acid groups (broad SMARTS) is 1. The molecule has 0 spiro atoms. The van der Waals surface area contributed by atoms with Crippen LogP contribution in [-0.4, -0.2) is 40.0 Å². The van der Waals surface area contributed by atoms with Gasteiger partial charge in [-0.1, -0.05) is 24.3 Å². The zero-order chi connectivity index (χ0) is 24.9. The van der Waals surface area contributed by atoms with Crippen molar-refractivity contribution in [3.05, 3.63) is 64.6 Å². The molecule has 1 unspecified atom stereocenters. The lowest BCUT2D eigenvalue weighted by molar-refractivity contribution is -0.139. The van der Waals surface area contributed by atoms with Gasteiger partial charge in [0.2, 0.25) is 0 Å². The summed E-state index contributed by atoms with van der Waals surface area (Å²) < 4.78 is 10.9. The Bertz CT molecular complexity index is 1120. The molecule has 1 heterocycles. The first-order chi connectivity index (χ1) is 16.0. The number of imide groups is 1. The van der Waals surface area contributed by atoms with Gasteiger partial charge in [-0.25, -0.2) is 9.59 Å². The van der Waals surface area contributed by atoms with Gasteiger partial charge in [0, 0.05) is 6.42 Å². The highest BCUT2D eigenvalue weighted by atomic mass is 32.2. The highest BCUT2D eigenvalue weighted by molar-refractivity contribution is 8.18. The van der Waals surface area contributed by atoms with Crippen molar-refractivity contribution < 1.29 is 33.8 Å². The third-order valence-corrected chi connectivity index (χ3v) is 5.22.